The van der Waals surface area contributed by atoms with E-state index in [1.807, 2.05) is 26.0 Å². The van der Waals surface area contributed by atoms with Gasteiger partial charge in [0.25, 0.3) is 0 Å². The monoisotopic (exact) mass is 289 g/mol. The lowest BCUT2D eigenvalue weighted by Gasteiger charge is -2.09. The van der Waals surface area contributed by atoms with Crippen LogP contribution in [-0.2, 0) is 4.79 Å². The van der Waals surface area contributed by atoms with E-state index in [2.05, 4.69) is 21.2 Å². The molecular formula is C11H13BrClNO. The molecule has 1 amide bonds. The molecule has 0 aromatic heterocycles. The fourth-order valence-corrected chi connectivity index (χ4v) is 1.37. The zero-order valence-corrected chi connectivity index (χ0v) is 11.0. The molecule has 0 bridgehead atoms. The van der Waals surface area contributed by atoms with Gasteiger partial charge in [0, 0.05) is 10.7 Å². The van der Waals surface area contributed by atoms with Crippen molar-refractivity contribution in [3.05, 3.63) is 28.8 Å². The number of amides is 1. The molecule has 15 heavy (non-hydrogen) atoms. The molecule has 0 fully saturated rings. The molecule has 1 atom stereocenters. The number of hydrogen-bond acceptors (Lipinski definition) is 1. The maximum absolute atomic E-state index is 11.5. The summed E-state index contributed by atoms with van der Waals surface area (Å²) in [5, 5.41) is 3.45. The third-order valence-corrected chi connectivity index (χ3v) is 3.55. The van der Waals surface area contributed by atoms with Gasteiger partial charge in [-0.1, -0.05) is 40.5 Å². The molecule has 0 spiro atoms. The Morgan fingerprint density at radius 2 is 2.27 bits per heavy atom. The van der Waals surface area contributed by atoms with E-state index >= 15 is 0 Å². The summed E-state index contributed by atoms with van der Waals surface area (Å²) in [6.45, 7) is 3.87. The van der Waals surface area contributed by atoms with Crippen LogP contribution in [0.1, 0.15) is 18.9 Å². The van der Waals surface area contributed by atoms with Crippen molar-refractivity contribution in [3.8, 4) is 0 Å². The molecule has 0 heterocycles. The van der Waals surface area contributed by atoms with E-state index in [1.54, 1.807) is 6.07 Å². The number of carbonyl (C=O) groups excluding carboxylic acids is 1. The third kappa shape index (κ3) is 3.50. The van der Waals surface area contributed by atoms with Crippen molar-refractivity contribution >= 4 is 39.1 Å². The molecule has 82 valence electrons. The molecule has 0 aliphatic heterocycles. The smallest absolute Gasteiger partial charge is 0.238 e. The van der Waals surface area contributed by atoms with E-state index in [0.29, 0.717) is 5.02 Å². The Morgan fingerprint density at radius 3 is 2.80 bits per heavy atom. The van der Waals surface area contributed by atoms with Crippen LogP contribution in [0.5, 0.6) is 0 Å². The Balaban J connectivity index is 2.73. The summed E-state index contributed by atoms with van der Waals surface area (Å²) in [5.74, 6) is -0.0441. The molecule has 4 heteroatoms. The van der Waals surface area contributed by atoms with Crippen LogP contribution < -0.4 is 5.32 Å². The summed E-state index contributed by atoms with van der Waals surface area (Å²) < 4.78 is 0. The lowest BCUT2D eigenvalue weighted by Crippen LogP contribution is -2.21. The summed E-state index contributed by atoms with van der Waals surface area (Å²) in [4.78, 5) is 11.4. The fourth-order valence-electron chi connectivity index (χ4n) is 1.08. The highest BCUT2D eigenvalue weighted by atomic mass is 79.9. The van der Waals surface area contributed by atoms with Gasteiger partial charge in [-0.25, -0.2) is 0 Å². The third-order valence-electron chi connectivity index (χ3n) is 2.08. The van der Waals surface area contributed by atoms with Crippen molar-refractivity contribution in [3.63, 3.8) is 0 Å². The Morgan fingerprint density at radius 1 is 1.60 bits per heavy atom. The molecule has 2 nitrogen and oxygen atoms in total. The Hall–Kier alpha value is -0.540. The molecular weight excluding hydrogens is 277 g/mol. The fraction of sp³-hybridized carbons (Fsp3) is 0.364. The van der Waals surface area contributed by atoms with Gasteiger partial charge in [-0.3, -0.25) is 4.79 Å². The number of anilines is 1. The van der Waals surface area contributed by atoms with E-state index < -0.39 is 0 Å². The highest BCUT2D eigenvalue weighted by Crippen LogP contribution is 2.20. The SMILES string of the molecule is CC[C@H](Br)C(=O)Nc1ccc(C)c(Cl)c1. The average molecular weight is 291 g/mol. The van der Waals surface area contributed by atoms with Gasteiger partial charge in [-0.05, 0) is 31.0 Å². The van der Waals surface area contributed by atoms with Gasteiger partial charge < -0.3 is 5.32 Å². The quantitative estimate of drug-likeness (QED) is 0.844. The Labute approximate surface area is 103 Å². The van der Waals surface area contributed by atoms with Crippen LogP contribution in [0.2, 0.25) is 5.02 Å². The number of alkyl halides is 1. The summed E-state index contributed by atoms with van der Waals surface area (Å²) in [5.41, 5.74) is 1.73. The molecule has 1 N–H and O–H groups in total. The van der Waals surface area contributed by atoms with Crippen LogP contribution in [0, 0.1) is 6.92 Å². The van der Waals surface area contributed by atoms with Gasteiger partial charge in [0.1, 0.15) is 0 Å². The molecule has 0 aliphatic rings. The van der Waals surface area contributed by atoms with Crippen LogP contribution in [0.3, 0.4) is 0 Å². The predicted octanol–water partition coefficient (Wildman–Crippen LogP) is 3.76. The molecule has 0 saturated carbocycles. The number of aryl methyl sites for hydroxylation is 1. The summed E-state index contributed by atoms with van der Waals surface area (Å²) in [6.07, 6.45) is 0.755. The van der Waals surface area contributed by atoms with Crippen molar-refractivity contribution in [1.82, 2.24) is 0 Å². The van der Waals surface area contributed by atoms with Gasteiger partial charge in [0.05, 0.1) is 4.83 Å². The standard InChI is InChI=1S/C11H13BrClNO/c1-3-9(12)11(15)14-8-5-4-7(2)10(13)6-8/h4-6,9H,3H2,1-2H3,(H,14,15)/t9-/m0/s1. The maximum atomic E-state index is 11.5. The number of rotatable bonds is 3. The number of nitrogens with one attached hydrogen (secondary N) is 1. The number of carbonyl (C=O) groups is 1. The van der Waals surface area contributed by atoms with Crippen LogP contribution in [0.15, 0.2) is 18.2 Å². The molecule has 0 unspecified atom stereocenters. The average Bonchev–Trinajstić information content (AvgIpc) is 2.22. The van der Waals surface area contributed by atoms with Crippen molar-refractivity contribution < 1.29 is 4.79 Å². The highest BCUT2D eigenvalue weighted by molar-refractivity contribution is 9.10. The minimum absolute atomic E-state index is 0.0441. The Kier molecular flexibility index (Phi) is 4.61. The normalized spacial score (nSPS) is 12.3. The second-order valence-electron chi connectivity index (χ2n) is 3.33. The summed E-state index contributed by atoms with van der Waals surface area (Å²) in [7, 11) is 0. The van der Waals surface area contributed by atoms with Gasteiger partial charge in [-0.2, -0.15) is 0 Å². The van der Waals surface area contributed by atoms with Crippen molar-refractivity contribution in [1.29, 1.82) is 0 Å². The largest absolute Gasteiger partial charge is 0.325 e. The lowest BCUT2D eigenvalue weighted by atomic mass is 10.2. The summed E-state index contributed by atoms with van der Waals surface area (Å²) in [6, 6.07) is 5.48. The number of halogens is 2. The first-order valence-electron chi connectivity index (χ1n) is 4.75. The lowest BCUT2D eigenvalue weighted by molar-refractivity contribution is -0.115. The summed E-state index contributed by atoms with van der Waals surface area (Å²) >= 11 is 9.24. The van der Waals surface area contributed by atoms with Crippen molar-refractivity contribution in [2.24, 2.45) is 0 Å². The van der Waals surface area contributed by atoms with E-state index in [4.69, 9.17) is 11.6 Å². The minimum atomic E-state index is -0.155. The maximum Gasteiger partial charge on any atom is 0.238 e. The van der Waals surface area contributed by atoms with Crippen LogP contribution >= 0.6 is 27.5 Å². The van der Waals surface area contributed by atoms with E-state index in [-0.39, 0.29) is 10.7 Å². The minimum Gasteiger partial charge on any atom is -0.325 e. The first-order chi connectivity index (χ1) is 7.04. The molecule has 0 radical (unpaired) electrons. The number of hydrogen-bond donors (Lipinski definition) is 1. The molecule has 0 aliphatic carbocycles. The van der Waals surface area contributed by atoms with E-state index in [0.717, 1.165) is 17.7 Å². The zero-order chi connectivity index (χ0) is 11.4. The van der Waals surface area contributed by atoms with E-state index in [9.17, 15) is 4.79 Å². The predicted molar refractivity (Wildman–Crippen MR) is 67.8 cm³/mol. The Bertz CT molecular complexity index is 368. The van der Waals surface area contributed by atoms with Crippen LogP contribution in [0.25, 0.3) is 0 Å². The van der Waals surface area contributed by atoms with Gasteiger partial charge in [0.2, 0.25) is 5.91 Å². The van der Waals surface area contributed by atoms with Gasteiger partial charge in [-0.15, -0.1) is 0 Å². The topological polar surface area (TPSA) is 29.1 Å². The molecule has 1 aromatic carbocycles. The van der Waals surface area contributed by atoms with Crippen molar-refractivity contribution in [2.45, 2.75) is 25.1 Å². The van der Waals surface area contributed by atoms with E-state index in [1.165, 1.54) is 0 Å². The van der Waals surface area contributed by atoms with Crippen molar-refractivity contribution in [2.75, 3.05) is 5.32 Å². The second-order valence-corrected chi connectivity index (χ2v) is 4.84. The first-order valence-corrected chi connectivity index (χ1v) is 6.05. The molecule has 1 aromatic rings. The number of benzene rings is 1. The first kappa shape index (κ1) is 12.5. The molecule has 0 saturated heterocycles. The second kappa shape index (κ2) is 5.52. The van der Waals surface area contributed by atoms with Gasteiger partial charge in [0.15, 0.2) is 0 Å². The highest BCUT2D eigenvalue weighted by Gasteiger charge is 2.12. The zero-order valence-electron chi connectivity index (χ0n) is 8.68. The van der Waals surface area contributed by atoms with Gasteiger partial charge >= 0.3 is 0 Å². The van der Waals surface area contributed by atoms with Crippen LogP contribution in [0.4, 0.5) is 5.69 Å². The van der Waals surface area contributed by atoms with Crippen LogP contribution in [-0.4, -0.2) is 10.7 Å². The molecule has 1 rings (SSSR count).